The molecular formula is C23H21F5N4O3. The van der Waals surface area contributed by atoms with Gasteiger partial charge in [0.2, 0.25) is 11.8 Å². The predicted molar refractivity (Wildman–Crippen MR) is 115 cm³/mol. The van der Waals surface area contributed by atoms with Gasteiger partial charge in [-0.15, -0.1) is 0 Å². The van der Waals surface area contributed by atoms with E-state index in [1.165, 1.54) is 13.0 Å². The van der Waals surface area contributed by atoms with Gasteiger partial charge in [0.1, 0.15) is 23.5 Å². The van der Waals surface area contributed by atoms with E-state index in [0.717, 1.165) is 18.3 Å². The molecule has 1 saturated carbocycles. The Morgan fingerprint density at radius 3 is 2.49 bits per heavy atom. The summed E-state index contributed by atoms with van der Waals surface area (Å²) < 4.78 is 69.4. The van der Waals surface area contributed by atoms with Crippen molar-refractivity contribution in [1.29, 1.82) is 0 Å². The first-order chi connectivity index (χ1) is 16.5. The lowest BCUT2D eigenvalue weighted by Crippen LogP contribution is -2.49. The summed E-state index contributed by atoms with van der Waals surface area (Å²) in [6.07, 6.45) is -0.694. The van der Waals surface area contributed by atoms with Crippen LogP contribution in [0.2, 0.25) is 0 Å². The normalized spacial score (nSPS) is 17.8. The monoisotopic (exact) mass is 496 g/mol. The van der Waals surface area contributed by atoms with Crippen LogP contribution in [-0.2, 0) is 4.79 Å². The zero-order valence-electron chi connectivity index (χ0n) is 18.5. The largest absolute Gasteiger partial charge is 0.346 e. The van der Waals surface area contributed by atoms with Crippen LogP contribution in [0.25, 0.3) is 10.9 Å². The number of H-pyrrole nitrogens is 1. The Balaban J connectivity index is 1.77. The fraction of sp³-hybridized carbons (Fsp3) is 0.391. The molecule has 0 bridgehead atoms. The van der Waals surface area contributed by atoms with Crippen LogP contribution >= 0.6 is 0 Å². The Hall–Kier alpha value is -3.57. The number of benzene rings is 1. The van der Waals surface area contributed by atoms with Gasteiger partial charge >= 0.3 is 5.69 Å². The van der Waals surface area contributed by atoms with E-state index in [-0.39, 0.29) is 29.4 Å². The van der Waals surface area contributed by atoms with Gasteiger partial charge in [0, 0.05) is 18.9 Å². The maximum absolute atomic E-state index is 14.2. The number of pyridine rings is 1. The Kier molecular flexibility index (Phi) is 6.48. The number of carbonyl (C=O) groups excluding carboxylic acids is 1. The van der Waals surface area contributed by atoms with Crippen molar-refractivity contribution in [2.75, 3.05) is 0 Å². The first-order valence-electron chi connectivity index (χ1n) is 10.9. The van der Waals surface area contributed by atoms with Gasteiger partial charge in [-0.1, -0.05) is 0 Å². The molecule has 2 heterocycles. The van der Waals surface area contributed by atoms with E-state index in [9.17, 15) is 36.3 Å². The molecule has 1 aliphatic rings. The van der Waals surface area contributed by atoms with E-state index in [4.69, 9.17) is 0 Å². The van der Waals surface area contributed by atoms with Crippen LogP contribution in [0, 0.1) is 23.4 Å². The van der Waals surface area contributed by atoms with Crippen molar-refractivity contribution in [1.82, 2.24) is 19.9 Å². The van der Waals surface area contributed by atoms with Crippen molar-refractivity contribution in [3.63, 3.8) is 0 Å². The highest BCUT2D eigenvalue weighted by atomic mass is 19.3. The minimum atomic E-state index is -2.95. The third-order valence-electron chi connectivity index (χ3n) is 6.25. The van der Waals surface area contributed by atoms with Crippen LogP contribution in [0.15, 0.2) is 40.1 Å². The molecule has 35 heavy (non-hydrogen) atoms. The highest BCUT2D eigenvalue weighted by Gasteiger charge is 2.42. The number of hydrogen-bond acceptors (Lipinski definition) is 4. The summed E-state index contributed by atoms with van der Waals surface area (Å²) in [7, 11) is 0. The summed E-state index contributed by atoms with van der Waals surface area (Å²) in [6, 6.07) is 1.07. The lowest BCUT2D eigenvalue weighted by atomic mass is 9.81. The summed E-state index contributed by atoms with van der Waals surface area (Å²) in [5.41, 5.74) is -2.21. The third-order valence-corrected chi connectivity index (χ3v) is 6.25. The Bertz CT molecular complexity index is 1390. The molecule has 0 spiro atoms. The van der Waals surface area contributed by atoms with Gasteiger partial charge in [0.25, 0.3) is 5.56 Å². The van der Waals surface area contributed by atoms with Crippen LogP contribution < -0.4 is 16.6 Å². The van der Waals surface area contributed by atoms with Gasteiger partial charge in [-0.25, -0.2) is 31.3 Å². The Morgan fingerprint density at radius 2 is 1.83 bits per heavy atom. The SMILES string of the molecule is C[C@@H](NC(=O)[C@H](C1CCC(F)(F)CC1)n1c(=O)[nH]c2ccc(F)cc2c1=O)c1ncc(F)cc1F. The molecule has 1 fully saturated rings. The topological polar surface area (TPSA) is 96.9 Å². The fourth-order valence-corrected chi connectivity index (χ4v) is 4.48. The third kappa shape index (κ3) is 4.96. The number of halogens is 5. The van der Waals surface area contributed by atoms with Crippen LogP contribution in [-0.4, -0.2) is 26.4 Å². The maximum Gasteiger partial charge on any atom is 0.329 e. The average Bonchev–Trinajstić information content (AvgIpc) is 2.77. The van der Waals surface area contributed by atoms with E-state index in [1.807, 2.05) is 0 Å². The van der Waals surface area contributed by atoms with Crippen molar-refractivity contribution < 1.29 is 26.7 Å². The van der Waals surface area contributed by atoms with Crippen molar-refractivity contribution in [2.45, 2.75) is 50.6 Å². The van der Waals surface area contributed by atoms with Gasteiger partial charge in [-0.2, -0.15) is 0 Å². The minimum Gasteiger partial charge on any atom is -0.346 e. The second-order valence-corrected chi connectivity index (χ2v) is 8.68. The number of amides is 1. The maximum atomic E-state index is 14.2. The van der Waals surface area contributed by atoms with Crippen molar-refractivity contribution >= 4 is 16.8 Å². The second-order valence-electron chi connectivity index (χ2n) is 8.68. The first kappa shape index (κ1) is 24.6. The standard InChI is InChI=1S/C23H21F5N4O3/c1-11(18-16(26)9-14(25)10-29-18)30-20(33)19(12-4-6-23(27,28)7-5-12)32-21(34)15-8-13(24)2-3-17(15)31-22(32)35/h2-3,8-12,19H,4-7H2,1H3,(H,30,33)(H,31,35)/t11-,19+/m1/s1. The number of nitrogens with zero attached hydrogens (tertiary/aromatic N) is 2. The summed E-state index contributed by atoms with van der Waals surface area (Å²) >= 11 is 0. The molecule has 4 rings (SSSR count). The van der Waals surface area contributed by atoms with Crippen LogP contribution in [0.1, 0.15) is 50.4 Å². The molecule has 3 aromatic rings. The lowest BCUT2D eigenvalue weighted by molar-refractivity contribution is -0.129. The Labute approximate surface area is 195 Å². The molecule has 1 amide bonds. The molecule has 7 nitrogen and oxygen atoms in total. The molecule has 1 aromatic carbocycles. The molecule has 12 heteroatoms. The van der Waals surface area contributed by atoms with E-state index in [2.05, 4.69) is 15.3 Å². The summed E-state index contributed by atoms with van der Waals surface area (Å²) in [6.45, 7) is 1.36. The predicted octanol–water partition coefficient (Wildman–Crippen LogP) is 3.75. The smallest absolute Gasteiger partial charge is 0.329 e. The minimum absolute atomic E-state index is 0.0398. The molecule has 2 atom stereocenters. The number of nitrogens with one attached hydrogen (secondary N) is 2. The number of hydrogen-bond donors (Lipinski definition) is 2. The molecule has 2 N–H and O–H groups in total. The van der Waals surface area contributed by atoms with Gasteiger partial charge < -0.3 is 10.3 Å². The van der Waals surface area contributed by atoms with E-state index < -0.39 is 71.4 Å². The number of aromatic amines is 1. The quantitative estimate of drug-likeness (QED) is 0.526. The number of aromatic nitrogens is 3. The van der Waals surface area contributed by atoms with E-state index >= 15 is 0 Å². The average molecular weight is 496 g/mol. The number of fused-ring (bicyclic) bond motifs is 1. The number of alkyl halides is 2. The van der Waals surface area contributed by atoms with Gasteiger partial charge in [-0.05, 0) is 43.9 Å². The molecular weight excluding hydrogens is 475 g/mol. The van der Waals surface area contributed by atoms with E-state index in [0.29, 0.717) is 10.6 Å². The van der Waals surface area contributed by atoms with Gasteiger partial charge in [0.15, 0.2) is 0 Å². The van der Waals surface area contributed by atoms with Crippen LogP contribution in [0.3, 0.4) is 0 Å². The van der Waals surface area contributed by atoms with Crippen LogP contribution in [0.5, 0.6) is 0 Å². The number of carbonyl (C=O) groups is 1. The summed E-state index contributed by atoms with van der Waals surface area (Å²) in [4.78, 5) is 45.5. The Morgan fingerprint density at radius 1 is 1.14 bits per heavy atom. The zero-order valence-corrected chi connectivity index (χ0v) is 18.5. The van der Waals surface area contributed by atoms with Crippen molar-refractivity contribution in [2.24, 2.45) is 5.92 Å². The fourth-order valence-electron chi connectivity index (χ4n) is 4.48. The molecule has 186 valence electrons. The van der Waals surface area contributed by atoms with Crippen molar-refractivity contribution in [3.05, 3.63) is 74.4 Å². The van der Waals surface area contributed by atoms with Crippen LogP contribution in [0.4, 0.5) is 22.0 Å². The molecule has 0 aliphatic heterocycles. The van der Waals surface area contributed by atoms with Gasteiger partial charge in [-0.3, -0.25) is 14.6 Å². The van der Waals surface area contributed by atoms with E-state index in [1.54, 1.807) is 0 Å². The van der Waals surface area contributed by atoms with Gasteiger partial charge in [0.05, 0.1) is 28.8 Å². The molecule has 2 aromatic heterocycles. The molecule has 1 aliphatic carbocycles. The lowest BCUT2D eigenvalue weighted by Gasteiger charge is -2.34. The molecule has 0 radical (unpaired) electrons. The number of rotatable bonds is 5. The zero-order chi connectivity index (χ0) is 25.5. The summed E-state index contributed by atoms with van der Waals surface area (Å²) in [5, 5.41) is 2.24. The molecule has 0 saturated heterocycles. The summed E-state index contributed by atoms with van der Waals surface area (Å²) in [5.74, 6) is -7.40. The molecule has 0 unspecified atom stereocenters. The second kappa shape index (κ2) is 9.23. The van der Waals surface area contributed by atoms with Crippen molar-refractivity contribution in [3.8, 4) is 0 Å². The highest BCUT2D eigenvalue weighted by molar-refractivity contribution is 5.82. The highest BCUT2D eigenvalue weighted by Crippen LogP contribution is 2.40. The first-order valence-corrected chi connectivity index (χ1v) is 10.9.